The normalized spacial score (nSPS) is 18.5. The molecule has 1 aromatic carbocycles. The lowest BCUT2D eigenvalue weighted by molar-refractivity contribution is -0.154. The number of aliphatic hydroxyl groups is 1. The number of aliphatic hydroxyl groups excluding tert-OH is 1. The molecule has 3 heterocycles. The first-order valence-electron chi connectivity index (χ1n) is 9.24. The number of benzene rings is 1. The van der Waals surface area contributed by atoms with Crippen LogP contribution in [-0.2, 0) is 27.4 Å². The highest BCUT2D eigenvalue weighted by molar-refractivity contribution is 7.08. The molecule has 30 heavy (non-hydrogen) atoms. The van der Waals surface area contributed by atoms with Crippen LogP contribution in [0.15, 0.2) is 45.6 Å². The second kappa shape index (κ2) is 8.72. The molecule has 1 N–H and O–H groups in total. The zero-order valence-corrected chi connectivity index (χ0v) is 16.5. The van der Waals surface area contributed by atoms with Gasteiger partial charge in [0.2, 0.25) is 11.7 Å². The number of hydrogen-bond donors (Lipinski definition) is 1. The smallest absolute Gasteiger partial charge is 0.329 e. The number of carbonyl (C=O) groups excluding carboxylic acids is 2. The van der Waals surface area contributed by atoms with Crippen molar-refractivity contribution >= 4 is 23.2 Å². The molecule has 0 spiro atoms. The molecule has 1 aliphatic rings. The summed E-state index contributed by atoms with van der Waals surface area (Å²) < 4.78 is 24.2. The predicted molar refractivity (Wildman–Crippen MR) is 104 cm³/mol. The minimum absolute atomic E-state index is 0.0163. The third-order valence-corrected chi connectivity index (χ3v) is 5.43. The van der Waals surface area contributed by atoms with Crippen LogP contribution in [0.25, 0.3) is 11.5 Å². The minimum Gasteiger partial charge on any atom is -0.456 e. The van der Waals surface area contributed by atoms with Crippen molar-refractivity contribution < 1.29 is 28.3 Å². The van der Waals surface area contributed by atoms with Gasteiger partial charge < -0.3 is 19.3 Å². The van der Waals surface area contributed by atoms with Gasteiger partial charge in [-0.2, -0.15) is 16.3 Å². The molecule has 8 nitrogen and oxygen atoms in total. The van der Waals surface area contributed by atoms with Crippen molar-refractivity contribution in [3.63, 3.8) is 0 Å². The standard InChI is InChI=1S/C20H18FN3O5S/c21-15-4-2-1-3-12(15)7-18(26)24-9-14(25)8-16(24)20(27)28-10-17-22-19(29-23-17)13-5-6-30-11-13/h1-6,11,14,16,25H,7-10H2. The van der Waals surface area contributed by atoms with E-state index in [4.69, 9.17) is 9.26 Å². The van der Waals surface area contributed by atoms with E-state index in [0.29, 0.717) is 5.89 Å². The summed E-state index contributed by atoms with van der Waals surface area (Å²) in [7, 11) is 0. The van der Waals surface area contributed by atoms with Gasteiger partial charge in [-0.05, 0) is 23.1 Å². The highest BCUT2D eigenvalue weighted by Gasteiger charge is 2.40. The molecule has 3 aromatic rings. The van der Waals surface area contributed by atoms with Gasteiger partial charge >= 0.3 is 5.97 Å². The fourth-order valence-electron chi connectivity index (χ4n) is 3.27. The number of esters is 1. The molecule has 0 aliphatic carbocycles. The Hall–Kier alpha value is -3.11. The van der Waals surface area contributed by atoms with Crippen molar-refractivity contribution in [1.29, 1.82) is 0 Å². The third kappa shape index (κ3) is 4.39. The SMILES string of the molecule is O=C(OCc1noc(-c2ccsc2)n1)C1CC(O)CN1C(=O)Cc1ccccc1F. The first-order chi connectivity index (χ1) is 14.5. The van der Waals surface area contributed by atoms with Crippen LogP contribution >= 0.6 is 11.3 Å². The van der Waals surface area contributed by atoms with Gasteiger partial charge in [-0.25, -0.2) is 9.18 Å². The van der Waals surface area contributed by atoms with Gasteiger partial charge in [-0.15, -0.1) is 0 Å². The Morgan fingerprint density at radius 2 is 2.17 bits per heavy atom. The molecular weight excluding hydrogens is 413 g/mol. The van der Waals surface area contributed by atoms with Gasteiger partial charge in [0.25, 0.3) is 5.89 Å². The van der Waals surface area contributed by atoms with E-state index < -0.39 is 29.8 Å². The van der Waals surface area contributed by atoms with Crippen LogP contribution < -0.4 is 0 Å². The number of ether oxygens (including phenoxy) is 1. The van der Waals surface area contributed by atoms with Crippen LogP contribution in [0, 0.1) is 5.82 Å². The van der Waals surface area contributed by atoms with Gasteiger partial charge in [-0.1, -0.05) is 23.4 Å². The fraction of sp³-hybridized carbons (Fsp3) is 0.300. The molecule has 1 fully saturated rings. The summed E-state index contributed by atoms with van der Waals surface area (Å²) in [6.07, 6.45) is -1.02. The van der Waals surface area contributed by atoms with E-state index in [-0.39, 0.29) is 37.4 Å². The molecule has 10 heteroatoms. The summed E-state index contributed by atoms with van der Waals surface area (Å²) in [5.41, 5.74) is 0.998. The molecule has 2 atom stereocenters. The molecule has 0 radical (unpaired) electrons. The summed E-state index contributed by atoms with van der Waals surface area (Å²) in [4.78, 5) is 30.6. The van der Waals surface area contributed by atoms with E-state index in [1.165, 1.54) is 34.4 Å². The van der Waals surface area contributed by atoms with Crippen molar-refractivity contribution in [2.75, 3.05) is 6.54 Å². The van der Waals surface area contributed by atoms with Gasteiger partial charge in [0, 0.05) is 18.3 Å². The summed E-state index contributed by atoms with van der Waals surface area (Å²) >= 11 is 1.49. The number of nitrogens with zero attached hydrogens (tertiary/aromatic N) is 3. The van der Waals surface area contributed by atoms with E-state index in [0.717, 1.165) is 5.56 Å². The molecule has 156 valence electrons. The summed E-state index contributed by atoms with van der Waals surface area (Å²) in [5, 5.41) is 17.5. The number of carbonyl (C=O) groups is 2. The van der Waals surface area contributed by atoms with Crippen molar-refractivity contribution in [3.05, 3.63) is 58.3 Å². The summed E-state index contributed by atoms with van der Waals surface area (Å²) in [6, 6.07) is 6.81. The van der Waals surface area contributed by atoms with Crippen LogP contribution in [0.2, 0.25) is 0 Å². The molecule has 1 aliphatic heterocycles. The van der Waals surface area contributed by atoms with Crippen LogP contribution in [0.1, 0.15) is 17.8 Å². The lowest BCUT2D eigenvalue weighted by Crippen LogP contribution is -2.42. The monoisotopic (exact) mass is 431 g/mol. The van der Waals surface area contributed by atoms with Crippen molar-refractivity contribution in [2.24, 2.45) is 0 Å². The topological polar surface area (TPSA) is 106 Å². The maximum Gasteiger partial charge on any atom is 0.329 e. The Morgan fingerprint density at radius 1 is 1.33 bits per heavy atom. The predicted octanol–water partition coefficient (Wildman–Crippen LogP) is 2.18. The first kappa shape index (κ1) is 20.2. The molecule has 1 saturated heterocycles. The zero-order chi connectivity index (χ0) is 21.1. The molecular formula is C20H18FN3O5S. The Morgan fingerprint density at radius 3 is 2.93 bits per heavy atom. The van der Waals surface area contributed by atoms with Crippen LogP contribution in [0.4, 0.5) is 4.39 Å². The van der Waals surface area contributed by atoms with Crippen LogP contribution in [0.3, 0.4) is 0 Å². The Labute approximate surface area is 174 Å². The van der Waals surface area contributed by atoms with E-state index in [2.05, 4.69) is 10.1 Å². The van der Waals surface area contributed by atoms with Crippen molar-refractivity contribution in [2.45, 2.75) is 31.6 Å². The van der Waals surface area contributed by atoms with Gasteiger partial charge in [-0.3, -0.25) is 4.79 Å². The molecule has 0 bridgehead atoms. The molecule has 0 saturated carbocycles. The van der Waals surface area contributed by atoms with Crippen LogP contribution in [-0.4, -0.2) is 50.7 Å². The number of aromatic nitrogens is 2. The first-order valence-corrected chi connectivity index (χ1v) is 10.2. The number of likely N-dealkylation sites (tertiary alicyclic amines) is 1. The largest absolute Gasteiger partial charge is 0.456 e. The second-order valence-electron chi connectivity index (χ2n) is 6.86. The van der Waals surface area contributed by atoms with Crippen molar-refractivity contribution in [1.82, 2.24) is 15.0 Å². The van der Waals surface area contributed by atoms with Crippen molar-refractivity contribution in [3.8, 4) is 11.5 Å². The molecule has 2 unspecified atom stereocenters. The Balaban J connectivity index is 1.38. The number of β-amino-alcohol motifs (C(OH)–C–C–N with tert-alkyl or cyclic N) is 1. The minimum atomic E-state index is -0.956. The molecule has 1 amide bonds. The Bertz CT molecular complexity index is 1040. The number of rotatable bonds is 6. The van der Waals surface area contributed by atoms with Gasteiger partial charge in [0.15, 0.2) is 6.61 Å². The van der Waals surface area contributed by atoms with E-state index in [1.807, 2.05) is 16.8 Å². The third-order valence-electron chi connectivity index (χ3n) is 4.75. The second-order valence-corrected chi connectivity index (χ2v) is 7.64. The highest BCUT2D eigenvalue weighted by atomic mass is 32.1. The average Bonchev–Trinajstić information content (AvgIpc) is 3.48. The van der Waals surface area contributed by atoms with Gasteiger partial charge in [0.05, 0.1) is 18.1 Å². The van der Waals surface area contributed by atoms with Crippen LogP contribution in [0.5, 0.6) is 0 Å². The fourth-order valence-corrected chi connectivity index (χ4v) is 3.90. The lowest BCUT2D eigenvalue weighted by Gasteiger charge is -2.23. The maximum atomic E-state index is 13.8. The zero-order valence-electron chi connectivity index (χ0n) is 15.7. The van der Waals surface area contributed by atoms with E-state index >= 15 is 0 Å². The lowest BCUT2D eigenvalue weighted by atomic mass is 10.1. The van der Waals surface area contributed by atoms with E-state index in [9.17, 15) is 19.1 Å². The quantitative estimate of drug-likeness (QED) is 0.597. The average molecular weight is 431 g/mol. The summed E-state index contributed by atoms with van der Waals surface area (Å²) in [6.45, 7) is -0.244. The summed E-state index contributed by atoms with van der Waals surface area (Å²) in [5.74, 6) is -1.14. The maximum absolute atomic E-state index is 13.8. The van der Waals surface area contributed by atoms with Gasteiger partial charge in [0.1, 0.15) is 11.9 Å². The number of halogens is 1. The number of hydrogen-bond acceptors (Lipinski definition) is 8. The Kier molecular flexibility index (Phi) is 5.86. The molecule has 4 rings (SSSR count). The highest BCUT2D eigenvalue weighted by Crippen LogP contribution is 2.23. The number of thiophene rings is 1. The number of amides is 1. The van der Waals surface area contributed by atoms with E-state index in [1.54, 1.807) is 6.07 Å². The molecule has 2 aromatic heterocycles.